The maximum absolute atomic E-state index is 4.84. The normalized spacial score (nSPS) is 26.2. The Morgan fingerprint density at radius 1 is 1.32 bits per heavy atom. The van der Waals surface area contributed by atoms with Crippen molar-refractivity contribution in [1.82, 2.24) is 9.88 Å². The highest BCUT2D eigenvalue weighted by Gasteiger charge is 2.44. The van der Waals surface area contributed by atoms with Gasteiger partial charge in [0.05, 0.1) is 11.4 Å². The predicted molar refractivity (Wildman–Crippen MR) is 80.1 cm³/mol. The number of likely N-dealkylation sites (tertiary alicyclic amines) is 1. The van der Waals surface area contributed by atoms with Gasteiger partial charge in [0.2, 0.25) is 0 Å². The number of pyridine rings is 1. The lowest BCUT2D eigenvalue weighted by Crippen LogP contribution is -2.68. The molecule has 2 fully saturated rings. The van der Waals surface area contributed by atoms with Crippen LogP contribution in [0.3, 0.4) is 0 Å². The molecule has 0 amide bonds. The second kappa shape index (κ2) is 4.67. The molecule has 0 aromatic carbocycles. The summed E-state index contributed by atoms with van der Waals surface area (Å²) in [6.45, 7) is 7.65. The molecule has 1 aromatic rings. The molecule has 104 valence electrons. The summed E-state index contributed by atoms with van der Waals surface area (Å²) in [5.41, 5.74) is 2.38. The monoisotopic (exact) mass is 260 g/mol. The van der Waals surface area contributed by atoms with Gasteiger partial charge < -0.3 is 14.7 Å². The van der Waals surface area contributed by atoms with Crippen LogP contribution in [0.15, 0.2) is 12.1 Å². The zero-order valence-corrected chi connectivity index (χ0v) is 12.4. The minimum atomic E-state index is 0.672. The zero-order chi connectivity index (χ0) is 13.6. The number of fused-ring (bicyclic) bond motifs is 2. The summed E-state index contributed by atoms with van der Waals surface area (Å²) in [6, 6.07) is 5.76. The SMILES string of the molecule is CCN(C)c1ccc(N2C3CC2CN(C)C3)nc1C. The van der Waals surface area contributed by atoms with Crippen molar-refractivity contribution in [1.29, 1.82) is 0 Å². The van der Waals surface area contributed by atoms with Gasteiger partial charge in [-0.15, -0.1) is 0 Å². The molecular formula is C15H24N4. The number of rotatable bonds is 3. The Balaban J connectivity index is 1.82. The van der Waals surface area contributed by atoms with Gasteiger partial charge in [0.25, 0.3) is 0 Å². The molecule has 0 radical (unpaired) electrons. The number of piperazine rings is 1. The Bertz CT molecular complexity index is 461. The number of hydrogen-bond donors (Lipinski definition) is 0. The average Bonchev–Trinajstić information content (AvgIpc) is 2.37. The third kappa shape index (κ3) is 2.08. The smallest absolute Gasteiger partial charge is 0.129 e. The molecule has 0 aliphatic carbocycles. The van der Waals surface area contributed by atoms with Gasteiger partial charge in [-0.05, 0) is 39.4 Å². The van der Waals surface area contributed by atoms with Crippen LogP contribution < -0.4 is 9.80 Å². The molecular weight excluding hydrogens is 236 g/mol. The van der Waals surface area contributed by atoms with Crippen LogP contribution in [0.4, 0.5) is 11.5 Å². The number of piperidine rings is 1. The van der Waals surface area contributed by atoms with E-state index in [-0.39, 0.29) is 0 Å². The third-order valence-corrected chi connectivity index (χ3v) is 4.57. The molecule has 2 aliphatic rings. The first-order chi connectivity index (χ1) is 9.10. The average molecular weight is 260 g/mol. The van der Waals surface area contributed by atoms with E-state index in [9.17, 15) is 0 Å². The quantitative estimate of drug-likeness (QED) is 0.825. The van der Waals surface area contributed by atoms with Crippen LogP contribution in [0.1, 0.15) is 19.0 Å². The molecule has 0 saturated carbocycles. The summed E-state index contributed by atoms with van der Waals surface area (Å²) in [5.74, 6) is 1.17. The molecule has 0 spiro atoms. The third-order valence-electron chi connectivity index (χ3n) is 4.57. The first-order valence-corrected chi connectivity index (χ1v) is 7.25. The Hall–Kier alpha value is -1.29. The fourth-order valence-electron chi connectivity index (χ4n) is 3.45. The highest BCUT2D eigenvalue weighted by atomic mass is 15.4. The Labute approximate surface area is 116 Å². The van der Waals surface area contributed by atoms with Gasteiger partial charge in [0.1, 0.15) is 5.82 Å². The van der Waals surface area contributed by atoms with Crippen LogP contribution in [0.2, 0.25) is 0 Å². The maximum atomic E-state index is 4.84. The minimum absolute atomic E-state index is 0.672. The van der Waals surface area contributed by atoms with Crippen molar-refractivity contribution in [2.45, 2.75) is 32.4 Å². The van der Waals surface area contributed by atoms with E-state index in [0.29, 0.717) is 12.1 Å². The van der Waals surface area contributed by atoms with Crippen molar-refractivity contribution >= 4 is 11.5 Å². The molecule has 19 heavy (non-hydrogen) atoms. The Morgan fingerprint density at radius 3 is 2.58 bits per heavy atom. The van der Waals surface area contributed by atoms with E-state index < -0.39 is 0 Å². The predicted octanol–water partition coefficient (Wildman–Crippen LogP) is 1.74. The molecule has 2 aliphatic heterocycles. The van der Waals surface area contributed by atoms with E-state index in [1.54, 1.807) is 0 Å². The molecule has 2 saturated heterocycles. The van der Waals surface area contributed by atoms with E-state index in [1.807, 2.05) is 0 Å². The molecule has 2 bridgehead atoms. The molecule has 3 heterocycles. The molecule has 1 aromatic heterocycles. The van der Waals surface area contributed by atoms with Crippen LogP contribution in [-0.4, -0.2) is 55.7 Å². The van der Waals surface area contributed by atoms with Crippen LogP contribution >= 0.6 is 0 Å². The molecule has 2 atom stereocenters. The number of hydrogen-bond acceptors (Lipinski definition) is 4. The number of aromatic nitrogens is 1. The van der Waals surface area contributed by atoms with Gasteiger partial charge in [-0.1, -0.05) is 0 Å². The van der Waals surface area contributed by atoms with Gasteiger partial charge in [0.15, 0.2) is 0 Å². The van der Waals surface area contributed by atoms with Gasteiger partial charge in [-0.2, -0.15) is 0 Å². The molecule has 0 N–H and O–H groups in total. The van der Waals surface area contributed by atoms with Gasteiger partial charge in [-0.3, -0.25) is 0 Å². The lowest BCUT2D eigenvalue weighted by atomic mass is 9.87. The first kappa shape index (κ1) is 12.7. The highest BCUT2D eigenvalue weighted by molar-refractivity contribution is 5.57. The molecule has 3 rings (SSSR count). The van der Waals surface area contributed by atoms with Crippen LogP contribution in [0.25, 0.3) is 0 Å². The summed E-state index contributed by atoms with van der Waals surface area (Å²) in [5, 5.41) is 0. The molecule has 4 nitrogen and oxygen atoms in total. The first-order valence-electron chi connectivity index (χ1n) is 7.25. The van der Waals surface area contributed by atoms with E-state index in [1.165, 1.54) is 31.0 Å². The Kier molecular flexibility index (Phi) is 3.13. The molecule has 4 heteroatoms. The largest absolute Gasteiger partial charge is 0.373 e. The number of aryl methyl sites for hydroxylation is 1. The van der Waals surface area contributed by atoms with E-state index in [0.717, 1.165) is 12.2 Å². The number of anilines is 2. The lowest BCUT2D eigenvalue weighted by molar-refractivity contribution is 0.139. The minimum Gasteiger partial charge on any atom is -0.373 e. The van der Waals surface area contributed by atoms with Gasteiger partial charge >= 0.3 is 0 Å². The lowest BCUT2D eigenvalue weighted by Gasteiger charge is -2.56. The summed E-state index contributed by atoms with van der Waals surface area (Å²) in [7, 11) is 4.34. The van der Waals surface area contributed by atoms with Crippen LogP contribution in [-0.2, 0) is 0 Å². The highest BCUT2D eigenvalue weighted by Crippen LogP contribution is 2.36. The topological polar surface area (TPSA) is 22.6 Å². The van der Waals surface area contributed by atoms with Crippen molar-refractivity contribution in [3.05, 3.63) is 17.8 Å². The van der Waals surface area contributed by atoms with Crippen molar-refractivity contribution in [3.8, 4) is 0 Å². The van der Waals surface area contributed by atoms with Crippen LogP contribution in [0.5, 0.6) is 0 Å². The summed E-state index contributed by atoms with van der Waals surface area (Å²) >= 11 is 0. The summed E-state index contributed by atoms with van der Waals surface area (Å²) in [4.78, 5) is 12.0. The van der Waals surface area contributed by atoms with Crippen molar-refractivity contribution < 1.29 is 0 Å². The fraction of sp³-hybridized carbons (Fsp3) is 0.667. The summed E-state index contributed by atoms with van der Waals surface area (Å²) < 4.78 is 0. The van der Waals surface area contributed by atoms with Crippen LogP contribution in [0, 0.1) is 6.92 Å². The fourth-order valence-corrected chi connectivity index (χ4v) is 3.45. The van der Waals surface area contributed by atoms with E-state index >= 15 is 0 Å². The molecule has 2 unspecified atom stereocenters. The zero-order valence-electron chi connectivity index (χ0n) is 12.4. The van der Waals surface area contributed by atoms with Gasteiger partial charge in [-0.25, -0.2) is 4.98 Å². The second-order valence-electron chi connectivity index (χ2n) is 5.96. The Morgan fingerprint density at radius 2 is 2.00 bits per heavy atom. The number of nitrogens with zero attached hydrogens (tertiary/aromatic N) is 4. The number of likely N-dealkylation sites (N-methyl/N-ethyl adjacent to an activating group) is 1. The van der Waals surface area contributed by atoms with Gasteiger partial charge in [0, 0.05) is 38.8 Å². The van der Waals surface area contributed by atoms with Crippen molar-refractivity contribution in [2.75, 3.05) is 43.5 Å². The summed E-state index contributed by atoms with van der Waals surface area (Å²) in [6.07, 6.45) is 1.34. The van der Waals surface area contributed by atoms with E-state index in [2.05, 4.69) is 54.8 Å². The second-order valence-corrected chi connectivity index (χ2v) is 5.96. The van der Waals surface area contributed by atoms with E-state index in [4.69, 9.17) is 4.98 Å². The van der Waals surface area contributed by atoms with Crippen molar-refractivity contribution in [3.63, 3.8) is 0 Å². The maximum Gasteiger partial charge on any atom is 0.129 e. The standard InChI is InChI=1S/C15H24N4/c1-5-18(4)14-6-7-15(16-11(14)2)19-12-8-13(19)10-17(3)9-12/h6-7,12-13H,5,8-10H2,1-4H3. The van der Waals surface area contributed by atoms with Crippen molar-refractivity contribution in [2.24, 2.45) is 0 Å².